The summed E-state index contributed by atoms with van der Waals surface area (Å²) in [5, 5.41) is 26.3. The number of benzene rings is 5. The standard InChI is InChI=1S/C34H26N6O7/c1-45-30-16-19(6-10-25(30)36-34-38-27-15-22(32(42)40-44)8-12-29(27)47-34)18-5-9-24-20(13-18)3-2-4-23(24)17-35-33-37-26-14-21(31(41)39-43)7-11-28(26)46-33/h2-16,43-44H,17H2,1H3,(H,35,37)(H,36,38)(H,39,41)(H,40,42). The number of carbonyl (C=O) groups is 2. The molecule has 47 heavy (non-hydrogen) atoms. The first-order valence-corrected chi connectivity index (χ1v) is 14.3. The molecule has 6 N–H and O–H groups in total. The van der Waals surface area contributed by atoms with Crippen molar-refractivity contribution < 1.29 is 33.6 Å². The number of methoxy groups -OCH3 is 1. The lowest BCUT2D eigenvalue weighted by molar-refractivity contribution is 0.0702. The second kappa shape index (κ2) is 12.2. The summed E-state index contributed by atoms with van der Waals surface area (Å²) in [5.74, 6) is -0.694. The van der Waals surface area contributed by atoms with E-state index in [9.17, 15) is 9.59 Å². The maximum absolute atomic E-state index is 11.7. The second-order valence-corrected chi connectivity index (χ2v) is 10.5. The molecule has 0 spiro atoms. The van der Waals surface area contributed by atoms with Crippen molar-refractivity contribution in [1.82, 2.24) is 20.9 Å². The van der Waals surface area contributed by atoms with Crippen LogP contribution in [0.1, 0.15) is 26.3 Å². The van der Waals surface area contributed by atoms with Gasteiger partial charge in [-0.15, -0.1) is 0 Å². The predicted molar refractivity (Wildman–Crippen MR) is 173 cm³/mol. The van der Waals surface area contributed by atoms with E-state index in [-0.39, 0.29) is 17.1 Å². The molecule has 0 saturated heterocycles. The Balaban J connectivity index is 1.09. The molecule has 5 aromatic carbocycles. The van der Waals surface area contributed by atoms with Crippen LogP contribution >= 0.6 is 0 Å². The molecule has 0 aliphatic carbocycles. The first-order chi connectivity index (χ1) is 22.9. The Morgan fingerprint density at radius 1 is 0.745 bits per heavy atom. The topological polar surface area (TPSA) is 184 Å². The lowest BCUT2D eigenvalue weighted by Crippen LogP contribution is -2.18. The summed E-state index contributed by atoms with van der Waals surface area (Å²) in [6.45, 7) is 0.452. The number of anilines is 3. The van der Waals surface area contributed by atoms with Crippen molar-refractivity contribution in [2.75, 3.05) is 17.7 Å². The van der Waals surface area contributed by atoms with Gasteiger partial charge in [0.25, 0.3) is 23.8 Å². The summed E-state index contributed by atoms with van der Waals surface area (Å²) in [5.41, 5.74) is 9.27. The number of fused-ring (bicyclic) bond motifs is 3. The Kier molecular flexibility index (Phi) is 7.57. The Morgan fingerprint density at radius 2 is 1.38 bits per heavy atom. The fourth-order valence-corrected chi connectivity index (χ4v) is 5.34. The van der Waals surface area contributed by atoms with Gasteiger partial charge in [-0.05, 0) is 82.1 Å². The highest BCUT2D eigenvalue weighted by molar-refractivity contribution is 5.97. The highest BCUT2D eigenvalue weighted by Gasteiger charge is 2.14. The number of hydroxylamine groups is 2. The van der Waals surface area contributed by atoms with E-state index in [1.54, 1.807) is 42.3 Å². The lowest BCUT2D eigenvalue weighted by Gasteiger charge is -2.12. The van der Waals surface area contributed by atoms with E-state index in [1.165, 1.54) is 12.1 Å². The number of amides is 2. The van der Waals surface area contributed by atoms with E-state index in [0.29, 0.717) is 46.2 Å². The van der Waals surface area contributed by atoms with Crippen molar-refractivity contribution in [3.63, 3.8) is 0 Å². The van der Waals surface area contributed by atoms with Crippen LogP contribution in [0.4, 0.5) is 17.7 Å². The zero-order valence-corrected chi connectivity index (χ0v) is 24.7. The van der Waals surface area contributed by atoms with E-state index < -0.39 is 11.8 Å². The number of hydrogen-bond acceptors (Lipinski definition) is 11. The van der Waals surface area contributed by atoms with Crippen LogP contribution in [0, 0.1) is 0 Å². The molecule has 0 unspecified atom stereocenters. The summed E-state index contributed by atoms with van der Waals surface area (Å²) in [6.07, 6.45) is 0. The van der Waals surface area contributed by atoms with Gasteiger partial charge in [0.15, 0.2) is 11.2 Å². The molecule has 7 aromatic rings. The van der Waals surface area contributed by atoms with Crippen LogP contribution < -0.4 is 26.3 Å². The number of rotatable bonds is 9. The van der Waals surface area contributed by atoms with Gasteiger partial charge in [-0.3, -0.25) is 20.0 Å². The minimum Gasteiger partial charge on any atom is -0.495 e. The Hall–Kier alpha value is -6.44. The molecule has 2 heterocycles. The zero-order chi connectivity index (χ0) is 32.5. The number of hydrogen-bond donors (Lipinski definition) is 6. The van der Waals surface area contributed by atoms with Gasteiger partial charge < -0.3 is 24.2 Å². The zero-order valence-electron chi connectivity index (χ0n) is 24.7. The van der Waals surface area contributed by atoms with Gasteiger partial charge in [-0.2, -0.15) is 9.97 Å². The maximum Gasteiger partial charge on any atom is 0.300 e. The Morgan fingerprint density at radius 3 is 2.06 bits per heavy atom. The minimum atomic E-state index is -0.642. The van der Waals surface area contributed by atoms with Crippen LogP contribution in [0.5, 0.6) is 5.75 Å². The van der Waals surface area contributed by atoms with Crippen LogP contribution in [0.15, 0.2) is 99.8 Å². The summed E-state index contributed by atoms with van der Waals surface area (Å²) in [4.78, 5) is 32.3. The fourth-order valence-electron chi connectivity index (χ4n) is 5.34. The van der Waals surface area contributed by atoms with Gasteiger partial charge >= 0.3 is 0 Å². The van der Waals surface area contributed by atoms with Crippen molar-refractivity contribution >= 4 is 62.5 Å². The van der Waals surface area contributed by atoms with Crippen molar-refractivity contribution in [2.24, 2.45) is 0 Å². The summed E-state index contributed by atoms with van der Waals surface area (Å²) < 4.78 is 17.2. The largest absolute Gasteiger partial charge is 0.495 e. The Bertz CT molecular complexity index is 2310. The molecule has 0 aliphatic heterocycles. The van der Waals surface area contributed by atoms with Gasteiger partial charge in [-0.25, -0.2) is 11.0 Å². The van der Waals surface area contributed by atoms with Gasteiger partial charge in [0, 0.05) is 17.7 Å². The summed E-state index contributed by atoms with van der Waals surface area (Å²) in [7, 11) is 1.58. The van der Waals surface area contributed by atoms with E-state index >= 15 is 0 Å². The molecule has 13 heteroatoms. The predicted octanol–water partition coefficient (Wildman–Crippen LogP) is 6.39. The molecule has 7 rings (SSSR count). The van der Waals surface area contributed by atoms with E-state index in [2.05, 4.69) is 32.7 Å². The van der Waals surface area contributed by atoms with Crippen LogP contribution in [-0.2, 0) is 6.54 Å². The number of nitrogens with zero attached hydrogens (tertiary/aromatic N) is 2. The molecular weight excluding hydrogens is 604 g/mol. The molecule has 234 valence electrons. The monoisotopic (exact) mass is 630 g/mol. The van der Waals surface area contributed by atoms with E-state index in [4.69, 9.17) is 24.0 Å². The van der Waals surface area contributed by atoms with Crippen molar-refractivity contribution in [1.29, 1.82) is 0 Å². The van der Waals surface area contributed by atoms with E-state index in [0.717, 1.165) is 27.5 Å². The number of carbonyl (C=O) groups excluding carboxylic acids is 2. The van der Waals surface area contributed by atoms with Crippen LogP contribution in [0.25, 0.3) is 44.1 Å². The molecule has 0 aliphatic rings. The van der Waals surface area contributed by atoms with Crippen molar-refractivity contribution in [3.05, 3.63) is 108 Å². The third kappa shape index (κ3) is 5.75. The van der Waals surface area contributed by atoms with Crippen LogP contribution in [-0.4, -0.2) is 39.3 Å². The fraction of sp³-hybridized carbons (Fsp3) is 0.0588. The first kappa shape index (κ1) is 29.3. The number of oxazole rings is 2. The number of nitrogens with one attached hydrogen (secondary N) is 4. The molecule has 0 bridgehead atoms. The highest BCUT2D eigenvalue weighted by atomic mass is 16.5. The molecular formula is C34H26N6O7. The Labute approximate surface area is 265 Å². The molecule has 0 atom stereocenters. The third-order valence-electron chi connectivity index (χ3n) is 7.68. The van der Waals surface area contributed by atoms with Crippen LogP contribution in [0.2, 0.25) is 0 Å². The lowest BCUT2D eigenvalue weighted by atomic mass is 9.98. The normalized spacial score (nSPS) is 11.1. The molecule has 0 fully saturated rings. The minimum absolute atomic E-state index is 0.219. The second-order valence-electron chi connectivity index (χ2n) is 10.5. The van der Waals surface area contributed by atoms with Gasteiger partial charge in [0.1, 0.15) is 16.8 Å². The quantitative estimate of drug-likeness (QED) is 0.0767. The van der Waals surface area contributed by atoms with Crippen molar-refractivity contribution in [2.45, 2.75) is 6.54 Å². The molecule has 13 nitrogen and oxygen atoms in total. The SMILES string of the molecule is COc1cc(-c2ccc3c(CNc4nc5cc(C(=O)NO)ccc5o4)cccc3c2)ccc1Nc1nc2cc(C(=O)NO)ccc2o1. The maximum atomic E-state index is 11.7. The average Bonchev–Trinajstić information content (AvgIpc) is 3.72. The van der Waals surface area contributed by atoms with Gasteiger partial charge in [0.05, 0.1) is 12.8 Å². The van der Waals surface area contributed by atoms with Gasteiger partial charge in [-0.1, -0.05) is 36.4 Å². The molecule has 0 radical (unpaired) electrons. The van der Waals surface area contributed by atoms with Crippen LogP contribution in [0.3, 0.4) is 0 Å². The van der Waals surface area contributed by atoms with E-state index in [1.807, 2.05) is 42.5 Å². The summed E-state index contributed by atoms with van der Waals surface area (Å²) in [6, 6.07) is 27.9. The average molecular weight is 631 g/mol. The molecule has 2 aromatic heterocycles. The number of ether oxygens (including phenoxy) is 1. The van der Waals surface area contributed by atoms with Crippen molar-refractivity contribution in [3.8, 4) is 16.9 Å². The summed E-state index contributed by atoms with van der Waals surface area (Å²) >= 11 is 0. The highest BCUT2D eigenvalue weighted by Crippen LogP contribution is 2.35. The third-order valence-corrected chi connectivity index (χ3v) is 7.68. The molecule has 0 saturated carbocycles. The number of aromatic nitrogens is 2. The smallest absolute Gasteiger partial charge is 0.300 e. The molecule has 2 amide bonds. The van der Waals surface area contributed by atoms with Gasteiger partial charge in [0.2, 0.25) is 0 Å². The first-order valence-electron chi connectivity index (χ1n) is 14.3.